The van der Waals surface area contributed by atoms with Gasteiger partial charge >= 0.3 is 0 Å². The fourth-order valence-corrected chi connectivity index (χ4v) is 2.62. The van der Waals surface area contributed by atoms with E-state index in [4.69, 9.17) is 5.73 Å². The summed E-state index contributed by atoms with van der Waals surface area (Å²) in [4.78, 5) is 10.7. The lowest BCUT2D eigenvalue weighted by atomic mass is 9.96. The van der Waals surface area contributed by atoms with E-state index in [-0.39, 0.29) is 24.3 Å². The number of rotatable bonds is 1. The Morgan fingerprint density at radius 3 is 2.08 bits per heavy atom. The maximum atomic E-state index is 10.9. The van der Waals surface area contributed by atoms with Crippen molar-refractivity contribution in [2.75, 3.05) is 11.5 Å². The number of carbonyl (C=O) groups excluding carboxylic acids is 1. The van der Waals surface area contributed by atoms with Gasteiger partial charge in [0.15, 0.2) is 9.84 Å². The zero-order chi connectivity index (χ0) is 9.41. The molecule has 1 amide bonds. The maximum Gasteiger partial charge on any atom is 0.249 e. The molecule has 0 aliphatic carbocycles. The van der Waals surface area contributed by atoms with Crippen molar-refractivity contribution >= 4 is 15.7 Å². The van der Waals surface area contributed by atoms with Crippen LogP contribution in [0.25, 0.3) is 0 Å². The highest BCUT2D eigenvalue weighted by molar-refractivity contribution is 7.91. The van der Waals surface area contributed by atoms with Gasteiger partial charge in [-0.25, -0.2) is 8.42 Å². The highest BCUT2D eigenvalue weighted by Gasteiger charge is 2.39. The Morgan fingerprint density at radius 2 is 1.75 bits per heavy atom. The maximum absolute atomic E-state index is 10.9. The fraction of sp³-hybridized carbons (Fsp3) is 0.833. The minimum Gasteiger partial charge on any atom is -0.380 e. The summed E-state index contributed by atoms with van der Waals surface area (Å²) in [6.45, 7) is 0. The SMILES string of the molecule is NC(=O)C1(O)CCS(=O)(=O)CC1. The van der Waals surface area contributed by atoms with Crippen molar-refractivity contribution in [2.45, 2.75) is 18.4 Å². The van der Waals surface area contributed by atoms with E-state index in [1.807, 2.05) is 0 Å². The normalized spacial score (nSPS) is 26.4. The van der Waals surface area contributed by atoms with E-state index in [9.17, 15) is 18.3 Å². The third-order valence-electron chi connectivity index (χ3n) is 2.11. The molecule has 1 aliphatic heterocycles. The quantitative estimate of drug-likeness (QED) is 0.524. The first kappa shape index (κ1) is 9.47. The Hall–Kier alpha value is -0.620. The van der Waals surface area contributed by atoms with Crippen LogP contribution >= 0.6 is 0 Å². The molecule has 0 unspecified atom stereocenters. The van der Waals surface area contributed by atoms with Gasteiger partial charge in [-0.1, -0.05) is 0 Å². The van der Waals surface area contributed by atoms with Gasteiger partial charge in [0.2, 0.25) is 5.91 Å². The molecule has 0 radical (unpaired) electrons. The van der Waals surface area contributed by atoms with Crippen molar-refractivity contribution in [1.82, 2.24) is 0 Å². The fourth-order valence-electron chi connectivity index (χ4n) is 1.12. The minimum atomic E-state index is -3.06. The van der Waals surface area contributed by atoms with Crippen LogP contribution in [0, 0.1) is 0 Å². The summed E-state index contributed by atoms with van der Waals surface area (Å²) in [6, 6.07) is 0. The van der Waals surface area contributed by atoms with E-state index in [2.05, 4.69) is 0 Å². The molecule has 0 spiro atoms. The highest BCUT2D eigenvalue weighted by atomic mass is 32.2. The Bertz CT molecular complexity index is 281. The molecule has 5 nitrogen and oxygen atoms in total. The molecule has 0 aromatic rings. The topological polar surface area (TPSA) is 97.5 Å². The summed E-state index contributed by atoms with van der Waals surface area (Å²) in [7, 11) is -3.06. The first-order valence-corrected chi connectivity index (χ1v) is 5.41. The van der Waals surface area contributed by atoms with Crippen LogP contribution < -0.4 is 5.73 Å². The molecule has 1 saturated heterocycles. The molecule has 1 rings (SSSR count). The highest BCUT2D eigenvalue weighted by Crippen LogP contribution is 2.22. The molecule has 0 bridgehead atoms. The number of primary amides is 1. The lowest BCUT2D eigenvalue weighted by molar-refractivity contribution is -0.136. The minimum absolute atomic E-state index is 0.0787. The number of carbonyl (C=O) groups is 1. The van der Waals surface area contributed by atoms with Gasteiger partial charge in [-0.3, -0.25) is 4.79 Å². The van der Waals surface area contributed by atoms with Crippen molar-refractivity contribution < 1.29 is 18.3 Å². The molecule has 0 aromatic carbocycles. The standard InChI is InChI=1S/C6H11NO4S/c7-5(8)6(9)1-3-12(10,11)4-2-6/h9H,1-4H2,(H2,7,8). The van der Waals surface area contributed by atoms with E-state index in [0.29, 0.717) is 0 Å². The van der Waals surface area contributed by atoms with E-state index < -0.39 is 21.3 Å². The van der Waals surface area contributed by atoms with Gasteiger partial charge in [0, 0.05) is 0 Å². The second-order valence-corrected chi connectivity index (χ2v) is 5.35. The van der Waals surface area contributed by atoms with E-state index >= 15 is 0 Å². The largest absolute Gasteiger partial charge is 0.380 e. The average molecular weight is 193 g/mol. The number of amides is 1. The summed E-state index contributed by atoms with van der Waals surface area (Å²) < 4.78 is 21.8. The number of hydrogen-bond acceptors (Lipinski definition) is 4. The Balaban J connectivity index is 2.74. The van der Waals surface area contributed by atoms with Crippen LogP contribution in [-0.4, -0.2) is 36.5 Å². The van der Waals surface area contributed by atoms with Crippen LogP contribution in [0.1, 0.15) is 12.8 Å². The van der Waals surface area contributed by atoms with Crippen molar-refractivity contribution in [3.8, 4) is 0 Å². The molecule has 70 valence electrons. The lowest BCUT2D eigenvalue weighted by Gasteiger charge is -2.28. The smallest absolute Gasteiger partial charge is 0.249 e. The Morgan fingerprint density at radius 1 is 1.33 bits per heavy atom. The van der Waals surface area contributed by atoms with E-state index in [0.717, 1.165) is 0 Å². The van der Waals surface area contributed by atoms with Crippen LogP contribution in [-0.2, 0) is 14.6 Å². The molecule has 1 aliphatic rings. The molecule has 0 atom stereocenters. The molecule has 6 heteroatoms. The second-order valence-electron chi connectivity index (χ2n) is 3.05. The van der Waals surface area contributed by atoms with Crippen LogP contribution in [0.5, 0.6) is 0 Å². The summed E-state index contributed by atoms with van der Waals surface area (Å²) >= 11 is 0. The van der Waals surface area contributed by atoms with Gasteiger partial charge in [0.25, 0.3) is 0 Å². The molecule has 0 saturated carbocycles. The van der Waals surface area contributed by atoms with Crippen molar-refractivity contribution in [2.24, 2.45) is 5.73 Å². The molecular weight excluding hydrogens is 182 g/mol. The van der Waals surface area contributed by atoms with Crippen molar-refractivity contribution in [3.05, 3.63) is 0 Å². The molecule has 1 heterocycles. The number of aliphatic hydroxyl groups is 1. The third kappa shape index (κ3) is 1.75. The predicted octanol–water partition coefficient (Wildman–Crippen LogP) is -1.59. The van der Waals surface area contributed by atoms with Gasteiger partial charge in [-0.05, 0) is 12.8 Å². The molecule has 0 aromatic heterocycles. The summed E-state index contributed by atoms with van der Waals surface area (Å²) in [5.41, 5.74) is 3.30. The second kappa shape index (κ2) is 2.70. The summed E-state index contributed by atoms with van der Waals surface area (Å²) in [5.74, 6) is -1.16. The average Bonchev–Trinajstić information content (AvgIpc) is 1.96. The predicted molar refractivity (Wildman–Crippen MR) is 42.0 cm³/mol. The van der Waals surface area contributed by atoms with Gasteiger partial charge < -0.3 is 10.8 Å². The summed E-state index contributed by atoms with van der Waals surface area (Å²) in [5, 5.41) is 9.44. The van der Waals surface area contributed by atoms with Gasteiger partial charge in [0.1, 0.15) is 5.60 Å². The van der Waals surface area contributed by atoms with Gasteiger partial charge in [-0.15, -0.1) is 0 Å². The number of nitrogens with two attached hydrogens (primary N) is 1. The van der Waals surface area contributed by atoms with Crippen molar-refractivity contribution in [3.63, 3.8) is 0 Å². The number of sulfone groups is 1. The Kier molecular flexibility index (Phi) is 2.13. The van der Waals surface area contributed by atoms with E-state index in [1.54, 1.807) is 0 Å². The van der Waals surface area contributed by atoms with Crippen molar-refractivity contribution in [1.29, 1.82) is 0 Å². The van der Waals surface area contributed by atoms with Crippen LogP contribution in [0.4, 0.5) is 0 Å². The van der Waals surface area contributed by atoms with E-state index in [1.165, 1.54) is 0 Å². The zero-order valence-corrected chi connectivity index (χ0v) is 7.30. The molecule has 1 fully saturated rings. The van der Waals surface area contributed by atoms with Crippen LogP contribution in [0.3, 0.4) is 0 Å². The number of hydrogen-bond donors (Lipinski definition) is 2. The first-order chi connectivity index (χ1) is 5.36. The monoisotopic (exact) mass is 193 g/mol. The molecular formula is C6H11NO4S. The van der Waals surface area contributed by atoms with Gasteiger partial charge in [-0.2, -0.15) is 0 Å². The Labute approximate surface area is 70.5 Å². The van der Waals surface area contributed by atoms with Crippen LogP contribution in [0.2, 0.25) is 0 Å². The lowest BCUT2D eigenvalue weighted by Crippen LogP contribution is -2.49. The van der Waals surface area contributed by atoms with Gasteiger partial charge in [0.05, 0.1) is 11.5 Å². The molecule has 12 heavy (non-hydrogen) atoms. The first-order valence-electron chi connectivity index (χ1n) is 3.58. The molecule has 3 N–H and O–H groups in total. The van der Waals surface area contributed by atoms with Crippen LogP contribution in [0.15, 0.2) is 0 Å². The third-order valence-corrected chi connectivity index (χ3v) is 3.76. The summed E-state index contributed by atoms with van der Waals surface area (Å²) in [6.07, 6.45) is -0.157. The zero-order valence-electron chi connectivity index (χ0n) is 6.49.